The molecule has 0 saturated carbocycles. The topological polar surface area (TPSA) is 20.2 Å². The lowest BCUT2D eigenvalue weighted by molar-refractivity contribution is 0.253. The standard InChI is InChI=1S/C43H54OSi/c1-26(2)45(27(3)4,28(5)6)23-22-31-17-16-30(15-14-29(7)44)38-39(31)41-35-21-19-32(42(8,9)10)24-36(35)40(38)34-20-18-33(25-37(34)41)43(11,12)13/h16-21,24-29,40-41,44H,1-13H3/t29?,40-,41-/m0/s1. The number of aliphatic hydroxyl groups is 1. The van der Waals surface area contributed by atoms with Crippen molar-refractivity contribution in [1.29, 1.82) is 0 Å². The van der Waals surface area contributed by atoms with Crippen molar-refractivity contribution in [1.82, 2.24) is 0 Å². The summed E-state index contributed by atoms with van der Waals surface area (Å²) >= 11 is 0. The van der Waals surface area contributed by atoms with Crippen molar-refractivity contribution in [2.24, 2.45) is 0 Å². The average Bonchev–Trinajstić information content (AvgIpc) is 2.94. The van der Waals surface area contributed by atoms with E-state index in [2.05, 4.69) is 155 Å². The van der Waals surface area contributed by atoms with Crippen LogP contribution in [0.5, 0.6) is 0 Å². The first-order chi connectivity index (χ1) is 20.9. The number of aliphatic hydroxyl groups excluding tert-OH is 1. The smallest absolute Gasteiger partial charge is 0.146 e. The van der Waals surface area contributed by atoms with E-state index < -0.39 is 14.2 Å². The molecule has 0 heterocycles. The molecule has 3 aromatic carbocycles. The van der Waals surface area contributed by atoms with E-state index in [9.17, 15) is 5.11 Å². The third kappa shape index (κ3) is 5.64. The maximum absolute atomic E-state index is 10.2. The van der Waals surface area contributed by atoms with Gasteiger partial charge >= 0.3 is 0 Å². The molecule has 0 radical (unpaired) electrons. The molecule has 3 aliphatic rings. The Bertz CT molecular complexity index is 1730. The molecule has 0 spiro atoms. The summed E-state index contributed by atoms with van der Waals surface area (Å²) in [6.45, 7) is 29.9. The molecule has 2 bridgehead atoms. The van der Waals surface area contributed by atoms with Gasteiger partial charge in [0.25, 0.3) is 0 Å². The van der Waals surface area contributed by atoms with Gasteiger partial charge in [-0.1, -0.05) is 137 Å². The summed E-state index contributed by atoms with van der Waals surface area (Å²) < 4.78 is 0. The van der Waals surface area contributed by atoms with Gasteiger partial charge in [0, 0.05) is 23.0 Å². The van der Waals surface area contributed by atoms with Crippen LogP contribution < -0.4 is 0 Å². The highest BCUT2D eigenvalue weighted by molar-refractivity contribution is 6.90. The monoisotopic (exact) mass is 614 g/mol. The van der Waals surface area contributed by atoms with Crippen LogP contribution in [0.4, 0.5) is 0 Å². The second-order valence-electron chi connectivity index (χ2n) is 16.6. The van der Waals surface area contributed by atoms with E-state index in [0.717, 1.165) is 11.1 Å². The van der Waals surface area contributed by atoms with Crippen LogP contribution in [0.15, 0.2) is 48.5 Å². The van der Waals surface area contributed by atoms with Gasteiger partial charge < -0.3 is 5.11 Å². The molecule has 2 heteroatoms. The van der Waals surface area contributed by atoms with Gasteiger partial charge in [-0.05, 0) is 91.0 Å². The summed E-state index contributed by atoms with van der Waals surface area (Å²) in [5, 5.41) is 10.2. The predicted molar refractivity (Wildman–Crippen MR) is 195 cm³/mol. The second-order valence-corrected chi connectivity index (χ2v) is 22.2. The summed E-state index contributed by atoms with van der Waals surface area (Å²) in [5.74, 6) is 10.6. The molecule has 3 aliphatic carbocycles. The van der Waals surface area contributed by atoms with Crippen LogP contribution in [0.3, 0.4) is 0 Å². The Labute approximate surface area is 275 Å². The zero-order valence-electron chi connectivity index (χ0n) is 30.0. The van der Waals surface area contributed by atoms with Crippen molar-refractivity contribution in [2.75, 3.05) is 0 Å². The summed E-state index contributed by atoms with van der Waals surface area (Å²) in [7, 11) is -1.95. The van der Waals surface area contributed by atoms with Crippen molar-refractivity contribution in [2.45, 2.75) is 135 Å². The molecule has 3 aromatic rings. The molecular formula is C43H54OSi. The Kier molecular flexibility index (Phi) is 8.62. The largest absolute Gasteiger partial charge is 0.381 e. The summed E-state index contributed by atoms with van der Waals surface area (Å²) in [4.78, 5) is 0. The molecule has 0 amide bonds. The Hall–Kier alpha value is -3.04. The Morgan fingerprint density at radius 1 is 0.578 bits per heavy atom. The number of hydrogen-bond donors (Lipinski definition) is 1. The average molecular weight is 615 g/mol. The lowest BCUT2D eigenvalue weighted by Gasteiger charge is -2.44. The van der Waals surface area contributed by atoms with E-state index in [0.29, 0.717) is 16.6 Å². The van der Waals surface area contributed by atoms with Crippen LogP contribution in [-0.2, 0) is 10.8 Å². The van der Waals surface area contributed by atoms with Crippen LogP contribution in [-0.4, -0.2) is 19.3 Å². The molecule has 45 heavy (non-hydrogen) atoms. The van der Waals surface area contributed by atoms with Crippen molar-refractivity contribution < 1.29 is 5.11 Å². The fraction of sp³-hybridized carbons (Fsp3) is 0.488. The lowest BCUT2D eigenvalue weighted by atomic mass is 9.58. The number of hydrogen-bond acceptors (Lipinski definition) is 1. The minimum Gasteiger partial charge on any atom is -0.381 e. The Morgan fingerprint density at radius 3 is 1.33 bits per heavy atom. The van der Waals surface area contributed by atoms with Crippen LogP contribution in [0.25, 0.3) is 0 Å². The molecule has 0 fully saturated rings. The first-order valence-corrected chi connectivity index (χ1v) is 19.3. The molecule has 1 unspecified atom stereocenters. The fourth-order valence-electron chi connectivity index (χ4n) is 8.33. The number of benzene rings is 3. The predicted octanol–water partition coefficient (Wildman–Crippen LogP) is 10.6. The number of rotatable bonds is 3. The fourth-order valence-corrected chi connectivity index (χ4v) is 13.5. The van der Waals surface area contributed by atoms with Gasteiger partial charge in [-0.2, -0.15) is 0 Å². The molecule has 236 valence electrons. The molecule has 0 aromatic heterocycles. The minimum absolute atomic E-state index is 0.0499. The van der Waals surface area contributed by atoms with Gasteiger partial charge in [-0.3, -0.25) is 0 Å². The highest BCUT2D eigenvalue weighted by Gasteiger charge is 2.45. The van der Waals surface area contributed by atoms with E-state index in [4.69, 9.17) is 0 Å². The van der Waals surface area contributed by atoms with E-state index >= 15 is 0 Å². The van der Waals surface area contributed by atoms with Crippen LogP contribution in [0, 0.1) is 23.3 Å². The molecular weight excluding hydrogens is 561 g/mol. The molecule has 3 atom stereocenters. The molecule has 1 nitrogen and oxygen atoms in total. The molecule has 0 saturated heterocycles. The SMILES string of the molecule is CC(O)C#Cc1ccc(C#C[Si](C(C)C)(C(C)C)C(C)C)c2c1[C@H]1c3ccc(C(C)(C)C)cc3[C@@H]2c2ccc(C(C)(C)C)cc21. The van der Waals surface area contributed by atoms with Crippen LogP contribution >= 0.6 is 0 Å². The minimum atomic E-state index is -1.95. The highest BCUT2D eigenvalue weighted by atomic mass is 28.3. The molecule has 6 rings (SSSR count). The van der Waals surface area contributed by atoms with E-state index in [-0.39, 0.29) is 22.7 Å². The van der Waals surface area contributed by atoms with Gasteiger partial charge in [-0.25, -0.2) is 0 Å². The Balaban J connectivity index is 1.88. The zero-order valence-corrected chi connectivity index (χ0v) is 31.0. The first-order valence-electron chi connectivity index (χ1n) is 17.1. The van der Waals surface area contributed by atoms with Crippen molar-refractivity contribution in [3.05, 3.63) is 104 Å². The van der Waals surface area contributed by atoms with Crippen molar-refractivity contribution in [3.63, 3.8) is 0 Å². The van der Waals surface area contributed by atoms with Gasteiger partial charge in [0.2, 0.25) is 0 Å². The van der Waals surface area contributed by atoms with E-state index in [1.807, 2.05) is 0 Å². The third-order valence-corrected chi connectivity index (χ3v) is 17.0. The maximum atomic E-state index is 10.2. The zero-order chi connectivity index (χ0) is 33.2. The van der Waals surface area contributed by atoms with E-state index in [1.165, 1.54) is 44.5 Å². The highest BCUT2D eigenvalue weighted by Crippen LogP contribution is 2.58. The lowest BCUT2D eigenvalue weighted by Crippen LogP contribution is -2.43. The normalized spacial score (nSPS) is 17.7. The van der Waals surface area contributed by atoms with Gasteiger partial charge in [0.15, 0.2) is 0 Å². The van der Waals surface area contributed by atoms with E-state index in [1.54, 1.807) is 6.92 Å². The Morgan fingerprint density at radius 2 is 0.978 bits per heavy atom. The summed E-state index contributed by atoms with van der Waals surface area (Å²) in [6, 6.07) is 18.8. The molecule has 1 N–H and O–H groups in total. The van der Waals surface area contributed by atoms with Gasteiger partial charge in [0.1, 0.15) is 14.2 Å². The van der Waals surface area contributed by atoms with Crippen molar-refractivity contribution >= 4 is 8.07 Å². The van der Waals surface area contributed by atoms with Crippen LogP contribution in [0.2, 0.25) is 16.6 Å². The molecule has 0 aliphatic heterocycles. The van der Waals surface area contributed by atoms with Gasteiger partial charge in [-0.15, -0.1) is 5.54 Å². The van der Waals surface area contributed by atoms with Gasteiger partial charge in [0.05, 0.1) is 0 Å². The second kappa shape index (κ2) is 11.6. The maximum Gasteiger partial charge on any atom is 0.146 e. The quantitative estimate of drug-likeness (QED) is 0.158. The third-order valence-electron chi connectivity index (χ3n) is 10.7. The first kappa shape index (κ1) is 33.3. The summed E-state index contributed by atoms with van der Waals surface area (Å²) in [6.07, 6.45) is -0.683. The van der Waals surface area contributed by atoms with Crippen molar-refractivity contribution in [3.8, 4) is 23.3 Å². The van der Waals surface area contributed by atoms with Crippen LogP contribution in [0.1, 0.15) is 157 Å². The summed E-state index contributed by atoms with van der Waals surface area (Å²) in [5.41, 5.74) is 19.0.